The molecule has 11 heavy (non-hydrogen) atoms. The Hall–Kier alpha value is -0.120. The second-order valence-corrected chi connectivity index (χ2v) is 3.72. The lowest BCUT2D eigenvalue weighted by molar-refractivity contribution is -0.0265. The zero-order valence-electron chi connectivity index (χ0n) is 6.91. The van der Waals surface area contributed by atoms with Crippen LogP contribution >= 0.6 is 0 Å². The van der Waals surface area contributed by atoms with Gasteiger partial charge >= 0.3 is 0 Å². The predicted octanol–water partition coefficient (Wildman–Crippen LogP) is 0.171. The van der Waals surface area contributed by atoms with Crippen LogP contribution in [0.15, 0.2) is 0 Å². The molecular weight excluding hydrogens is 144 g/mol. The maximum atomic E-state index is 9.43. The summed E-state index contributed by atoms with van der Waals surface area (Å²) in [5, 5.41) is 9.43. The molecule has 2 rings (SSSR count). The molecule has 0 bridgehead atoms. The molecule has 2 aliphatic heterocycles. The Labute approximate surface area is 66.3 Å². The quantitative estimate of drug-likeness (QED) is 0.546. The summed E-state index contributed by atoms with van der Waals surface area (Å²) in [7, 11) is 0. The molecule has 0 spiro atoms. The molecule has 0 aliphatic carbocycles. The van der Waals surface area contributed by atoms with E-state index in [4.69, 9.17) is 9.47 Å². The highest BCUT2D eigenvalue weighted by Gasteiger charge is 2.54. The average molecular weight is 158 g/mol. The van der Waals surface area contributed by atoms with Gasteiger partial charge in [-0.3, -0.25) is 0 Å². The number of aliphatic hydroxyl groups excluding tert-OH is 1. The van der Waals surface area contributed by atoms with E-state index in [-0.39, 0.29) is 11.7 Å². The van der Waals surface area contributed by atoms with Crippen LogP contribution in [-0.4, -0.2) is 36.1 Å². The van der Waals surface area contributed by atoms with Crippen LogP contribution in [0.1, 0.15) is 13.8 Å². The van der Waals surface area contributed by atoms with Crippen LogP contribution in [0.3, 0.4) is 0 Å². The third kappa shape index (κ3) is 0.849. The summed E-state index contributed by atoms with van der Waals surface area (Å²) in [5.74, 6) is 0.393. The molecule has 2 saturated heterocycles. The number of rotatable bonds is 0. The van der Waals surface area contributed by atoms with Crippen LogP contribution in [-0.2, 0) is 9.47 Å². The molecule has 64 valence electrons. The molecule has 0 saturated carbocycles. The highest BCUT2D eigenvalue weighted by Crippen LogP contribution is 2.40. The summed E-state index contributed by atoms with van der Waals surface area (Å²) in [6.07, 6.45) is -0.526. The maximum Gasteiger partial charge on any atom is 0.115 e. The predicted molar refractivity (Wildman–Crippen MR) is 39.3 cm³/mol. The van der Waals surface area contributed by atoms with E-state index in [0.717, 1.165) is 0 Å². The number of fused-ring (bicyclic) bond motifs is 1. The SMILES string of the molecule is C[C@@H]1CO[C@@H]2[C@H](O)CO[C@]12C. The molecule has 2 aliphatic rings. The molecule has 2 fully saturated rings. The Kier molecular flexibility index (Phi) is 1.50. The summed E-state index contributed by atoms with van der Waals surface area (Å²) in [5.41, 5.74) is -0.237. The van der Waals surface area contributed by atoms with Gasteiger partial charge in [-0.05, 0) is 6.92 Å². The van der Waals surface area contributed by atoms with Gasteiger partial charge in [0.15, 0.2) is 0 Å². The second-order valence-electron chi connectivity index (χ2n) is 3.72. The summed E-state index contributed by atoms with van der Waals surface area (Å²) >= 11 is 0. The van der Waals surface area contributed by atoms with Crippen molar-refractivity contribution in [3.05, 3.63) is 0 Å². The van der Waals surface area contributed by atoms with Gasteiger partial charge < -0.3 is 14.6 Å². The number of ether oxygens (including phenoxy) is 2. The first-order valence-corrected chi connectivity index (χ1v) is 4.08. The van der Waals surface area contributed by atoms with E-state index in [0.29, 0.717) is 19.1 Å². The molecule has 0 unspecified atom stereocenters. The number of hydrogen-bond donors (Lipinski definition) is 1. The van der Waals surface area contributed by atoms with Crippen molar-refractivity contribution in [1.82, 2.24) is 0 Å². The minimum atomic E-state index is -0.426. The molecule has 0 aromatic rings. The largest absolute Gasteiger partial charge is 0.388 e. The van der Waals surface area contributed by atoms with Gasteiger partial charge in [0, 0.05) is 5.92 Å². The molecule has 1 N–H and O–H groups in total. The van der Waals surface area contributed by atoms with Crippen LogP contribution in [0.4, 0.5) is 0 Å². The topological polar surface area (TPSA) is 38.7 Å². The molecule has 3 nitrogen and oxygen atoms in total. The zero-order chi connectivity index (χ0) is 8.06. The first-order chi connectivity index (χ1) is 5.14. The Balaban J connectivity index is 2.23. The van der Waals surface area contributed by atoms with Crippen molar-refractivity contribution in [2.24, 2.45) is 5.92 Å². The maximum absolute atomic E-state index is 9.43. The monoisotopic (exact) mass is 158 g/mol. The first kappa shape index (κ1) is 7.53. The Morgan fingerprint density at radius 3 is 2.82 bits per heavy atom. The molecule has 0 aromatic heterocycles. The highest BCUT2D eigenvalue weighted by molar-refractivity contribution is 5.02. The van der Waals surface area contributed by atoms with Crippen LogP contribution in [0.5, 0.6) is 0 Å². The fraction of sp³-hybridized carbons (Fsp3) is 1.00. The van der Waals surface area contributed by atoms with Crippen molar-refractivity contribution < 1.29 is 14.6 Å². The lowest BCUT2D eigenvalue weighted by Crippen LogP contribution is -2.39. The third-order valence-electron chi connectivity index (χ3n) is 2.98. The van der Waals surface area contributed by atoms with E-state index >= 15 is 0 Å². The highest BCUT2D eigenvalue weighted by atomic mass is 16.6. The molecular formula is C8H14O3. The third-order valence-corrected chi connectivity index (χ3v) is 2.98. The lowest BCUT2D eigenvalue weighted by atomic mass is 9.89. The van der Waals surface area contributed by atoms with Crippen LogP contribution in [0, 0.1) is 5.92 Å². The lowest BCUT2D eigenvalue weighted by Gasteiger charge is -2.25. The minimum absolute atomic E-state index is 0.0995. The summed E-state index contributed by atoms with van der Waals surface area (Å²) < 4.78 is 10.9. The first-order valence-electron chi connectivity index (χ1n) is 4.08. The van der Waals surface area contributed by atoms with Gasteiger partial charge in [-0.15, -0.1) is 0 Å². The molecule has 0 amide bonds. The van der Waals surface area contributed by atoms with Crippen molar-refractivity contribution >= 4 is 0 Å². The normalized spacial score (nSPS) is 56.5. The van der Waals surface area contributed by atoms with Crippen molar-refractivity contribution in [2.45, 2.75) is 31.7 Å². The summed E-state index contributed by atoms with van der Waals surface area (Å²) in [6.45, 7) is 5.24. The van der Waals surface area contributed by atoms with Crippen molar-refractivity contribution in [3.8, 4) is 0 Å². The second kappa shape index (κ2) is 2.19. The van der Waals surface area contributed by atoms with Crippen molar-refractivity contribution in [1.29, 1.82) is 0 Å². The fourth-order valence-corrected chi connectivity index (χ4v) is 1.93. The van der Waals surface area contributed by atoms with Gasteiger partial charge in [0.25, 0.3) is 0 Å². The minimum Gasteiger partial charge on any atom is -0.388 e. The Morgan fingerprint density at radius 1 is 1.45 bits per heavy atom. The standard InChI is InChI=1S/C8H14O3/c1-5-3-10-7-6(9)4-11-8(5,7)2/h5-7,9H,3-4H2,1-2H3/t5-,6-,7-,8-/m1/s1. The summed E-state index contributed by atoms with van der Waals surface area (Å²) in [6, 6.07) is 0. The zero-order valence-corrected chi connectivity index (χ0v) is 6.91. The van der Waals surface area contributed by atoms with E-state index in [9.17, 15) is 5.11 Å². The Bertz CT molecular complexity index is 171. The average Bonchev–Trinajstić information content (AvgIpc) is 2.39. The van der Waals surface area contributed by atoms with Gasteiger partial charge in [-0.2, -0.15) is 0 Å². The van der Waals surface area contributed by atoms with E-state index < -0.39 is 6.10 Å². The van der Waals surface area contributed by atoms with E-state index in [1.165, 1.54) is 0 Å². The van der Waals surface area contributed by atoms with Crippen molar-refractivity contribution in [2.75, 3.05) is 13.2 Å². The molecule has 0 radical (unpaired) electrons. The van der Waals surface area contributed by atoms with E-state index in [1.54, 1.807) is 0 Å². The fourth-order valence-electron chi connectivity index (χ4n) is 1.93. The molecule has 4 atom stereocenters. The Morgan fingerprint density at radius 2 is 2.18 bits per heavy atom. The van der Waals surface area contributed by atoms with Gasteiger partial charge in [-0.1, -0.05) is 6.92 Å². The molecule has 0 aromatic carbocycles. The van der Waals surface area contributed by atoms with E-state index in [2.05, 4.69) is 6.92 Å². The van der Waals surface area contributed by atoms with Crippen LogP contribution < -0.4 is 0 Å². The van der Waals surface area contributed by atoms with Crippen LogP contribution in [0.2, 0.25) is 0 Å². The van der Waals surface area contributed by atoms with Crippen LogP contribution in [0.25, 0.3) is 0 Å². The number of aliphatic hydroxyl groups is 1. The van der Waals surface area contributed by atoms with Gasteiger partial charge in [-0.25, -0.2) is 0 Å². The number of hydrogen-bond acceptors (Lipinski definition) is 3. The summed E-state index contributed by atoms with van der Waals surface area (Å²) in [4.78, 5) is 0. The van der Waals surface area contributed by atoms with Crippen molar-refractivity contribution in [3.63, 3.8) is 0 Å². The van der Waals surface area contributed by atoms with E-state index in [1.807, 2.05) is 6.92 Å². The van der Waals surface area contributed by atoms with Gasteiger partial charge in [0.1, 0.15) is 12.2 Å². The molecule has 2 heterocycles. The smallest absolute Gasteiger partial charge is 0.115 e. The van der Waals surface area contributed by atoms with Gasteiger partial charge in [0.2, 0.25) is 0 Å². The van der Waals surface area contributed by atoms with Gasteiger partial charge in [0.05, 0.1) is 18.8 Å². The molecule has 3 heteroatoms.